The first-order chi connectivity index (χ1) is 9.26. The molecule has 6 heteroatoms. The van der Waals surface area contributed by atoms with E-state index in [-0.39, 0.29) is 32.2 Å². The number of amides is 1. The van der Waals surface area contributed by atoms with E-state index in [4.69, 9.17) is 14.9 Å². The first-order valence-corrected chi connectivity index (χ1v) is 6.26. The van der Waals surface area contributed by atoms with E-state index >= 15 is 0 Å². The third-order valence-corrected chi connectivity index (χ3v) is 2.96. The van der Waals surface area contributed by atoms with Crippen molar-refractivity contribution in [2.75, 3.05) is 38.2 Å². The number of benzene rings is 1. The molecule has 0 aliphatic carbocycles. The second-order valence-electron chi connectivity index (χ2n) is 4.26. The zero-order valence-corrected chi connectivity index (χ0v) is 10.6. The lowest BCUT2D eigenvalue weighted by Crippen LogP contribution is -2.48. The van der Waals surface area contributed by atoms with Crippen LogP contribution in [0.5, 0.6) is 5.75 Å². The second-order valence-corrected chi connectivity index (χ2v) is 4.26. The van der Waals surface area contributed by atoms with Crippen molar-refractivity contribution in [1.29, 1.82) is 0 Å². The van der Waals surface area contributed by atoms with Crippen molar-refractivity contribution >= 4 is 11.6 Å². The highest BCUT2D eigenvalue weighted by atomic mass is 16.5. The molecule has 0 saturated heterocycles. The largest absolute Gasteiger partial charge is 0.477 e. The molecule has 1 aromatic rings. The summed E-state index contributed by atoms with van der Waals surface area (Å²) in [5.41, 5.74) is 0.863. The molecule has 3 N–H and O–H groups in total. The summed E-state index contributed by atoms with van der Waals surface area (Å²) in [5.74, 6) is 0.408. The quantitative estimate of drug-likeness (QED) is 0.680. The number of aliphatic hydroxyl groups excluding tert-OH is 2. The molecular formula is C13H18N2O4. The minimum Gasteiger partial charge on any atom is -0.477 e. The third kappa shape index (κ3) is 3.15. The summed E-state index contributed by atoms with van der Waals surface area (Å²) < 4.78 is 5.65. The van der Waals surface area contributed by atoms with Gasteiger partial charge in [0.25, 0.3) is 5.91 Å². The van der Waals surface area contributed by atoms with Gasteiger partial charge in [0.2, 0.25) is 0 Å². The average molecular weight is 266 g/mol. The molecular weight excluding hydrogens is 248 g/mol. The van der Waals surface area contributed by atoms with Crippen LogP contribution in [0.1, 0.15) is 0 Å². The van der Waals surface area contributed by atoms with E-state index in [1.807, 2.05) is 18.2 Å². The molecule has 1 aliphatic heterocycles. The normalized spacial score (nSPS) is 17.1. The fraction of sp³-hybridized carbons (Fsp3) is 0.462. The zero-order chi connectivity index (χ0) is 13.7. The number of carbonyl (C=O) groups is 1. The Bertz CT molecular complexity index is 432. The van der Waals surface area contributed by atoms with Gasteiger partial charge in [0, 0.05) is 13.1 Å². The lowest BCUT2D eigenvalue weighted by Gasteiger charge is -2.30. The van der Waals surface area contributed by atoms with E-state index in [0.717, 1.165) is 5.69 Å². The molecule has 0 aromatic heterocycles. The summed E-state index contributed by atoms with van der Waals surface area (Å²) >= 11 is 0. The van der Waals surface area contributed by atoms with E-state index in [0.29, 0.717) is 12.3 Å². The second kappa shape index (κ2) is 6.40. The van der Waals surface area contributed by atoms with E-state index in [1.165, 1.54) is 4.90 Å². The fourth-order valence-corrected chi connectivity index (χ4v) is 2.03. The summed E-state index contributed by atoms with van der Waals surface area (Å²) in [7, 11) is 0. The van der Waals surface area contributed by atoms with Gasteiger partial charge < -0.3 is 25.2 Å². The molecule has 1 unspecified atom stereocenters. The first kappa shape index (κ1) is 13.6. The van der Waals surface area contributed by atoms with Gasteiger partial charge >= 0.3 is 0 Å². The maximum absolute atomic E-state index is 12.2. The Labute approximate surface area is 111 Å². The van der Waals surface area contributed by atoms with Gasteiger partial charge in [0.15, 0.2) is 6.10 Å². The van der Waals surface area contributed by atoms with Crippen molar-refractivity contribution < 1.29 is 19.7 Å². The number of hydrogen-bond acceptors (Lipinski definition) is 5. The van der Waals surface area contributed by atoms with Crippen molar-refractivity contribution in [3.05, 3.63) is 24.3 Å². The minimum atomic E-state index is -0.631. The predicted molar refractivity (Wildman–Crippen MR) is 70.1 cm³/mol. The Kier molecular flexibility index (Phi) is 4.59. The molecule has 1 heterocycles. The lowest BCUT2D eigenvalue weighted by atomic mass is 10.2. The molecule has 0 fully saturated rings. The Balaban J connectivity index is 2.04. The van der Waals surface area contributed by atoms with Gasteiger partial charge in [-0.1, -0.05) is 12.1 Å². The number of rotatable bonds is 5. The van der Waals surface area contributed by atoms with E-state index in [1.54, 1.807) is 6.07 Å². The maximum atomic E-state index is 12.2. The number of nitrogens with one attached hydrogen (secondary N) is 1. The molecule has 2 rings (SSSR count). The number of carbonyl (C=O) groups excluding carboxylic acids is 1. The number of anilines is 1. The number of para-hydroxylation sites is 2. The predicted octanol–water partition coefficient (Wildman–Crippen LogP) is -0.327. The summed E-state index contributed by atoms with van der Waals surface area (Å²) in [5, 5.41) is 21.0. The smallest absolute Gasteiger partial charge is 0.265 e. The molecule has 0 saturated carbocycles. The SMILES string of the molecule is O=C(C1CNc2ccccc2O1)N(CCO)CCO. The van der Waals surface area contributed by atoms with Gasteiger partial charge in [-0.15, -0.1) is 0 Å². The summed E-state index contributed by atoms with van der Waals surface area (Å²) in [4.78, 5) is 13.6. The fourth-order valence-electron chi connectivity index (χ4n) is 2.03. The van der Waals surface area contributed by atoms with Crippen LogP contribution in [0.25, 0.3) is 0 Å². The molecule has 1 aromatic carbocycles. The molecule has 104 valence electrons. The summed E-state index contributed by atoms with van der Waals surface area (Å²) in [6, 6.07) is 7.41. The average Bonchev–Trinajstić information content (AvgIpc) is 2.46. The van der Waals surface area contributed by atoms with E-state index < -0.39 is 6.10 Å². The first-order valence-electron chi connectivity index (χ1n) is 6.26. The van der Waals surface area contributed by atoms with Crippen LogP contribution < -0.4 is 10.1 Å². The lowest BCUT2D eigenvalue weighted by molar-refractivity contribution is -0.139. The van der Waals surface area contributed by atoms with Gasteiger partial charge in [-0.05, 0) is 12.1 Å². The minimum absolute atomic E-state index is 0.136. The van der Waals surface area contributed by atoms with Crippen molar-refractivity contribution in [2.24, 2.45) is 0 Å². The van der Waals surface area contributed by atoms with Crippen LogP contribution in [-0.2, 0) is 4.79 Å². The standard InChI is InChI=1S/C13H18N2O4/c16-7-5-15(6-8-17)13(18)12-9-14-10-3-1-2-4-11(10)19-12/h1-4,12,14,16-17H,5-9H2. The number of aliphatic hydroxyl groups is 2. The van der Waals surface area contributed by atoms with E-state index in [9.17, 15) is 4.79 Å². The summed E-state index contributed by atoms with van der Waals surface area (Å²) in [6.07, 6.45) is -0.631. The molecule has 19 heavy (non-hydrogen) atoms. The van der Waals surface area contributed by atoms with Crippen LogP contribution in [0.3, 0.4) is 0 Å². The number of hydrogen-bond donors (Lipinski definition) is 3. The van der Waals surface area contributed by atoms with Crippen molar-refractivity contribution in [2.45, 2.75) is 6.10 Å². The van der Waals surface area contributed by atoms with Crippen LogP contribution in [-0.4, -0.2) is 60.0 Å². The molecule has 1 aliphatic rings. The van der Waals surface area contributed by atoms with Gasteiger partial charge in [0.1, 0.15) is 5.75 Å². The molecule has 0 bridgehead atoms. The Morgan fingerprint density at radius 2 is 2.00 bits per heavy atom. The maximum Gasteiger partial charge on any atom is 0.265 e. The number of fused-ring (bicyclic) bond motifs is 1. The van der Waals surface area contributed by atoms with Crippen LogP contribution in [0.2, 0.25) is 0 Å². The van der Waals surface area contributed by atoms with E-state index in [2.05, 4.69) is 5.32 Å². The molecule has 1 atom stereocenters. The van der Waals surface area contributed by atoms with Gasteiger partial charge in [-0.3, -0.25) is 4.79 Å². The highest BCUT2D eigenvalue weighted by Gasteiger charge is 2.29. The van der Waals surface area contributed by atoms with Crippen LogP contribution in [0, 0.1) is 0 Å². The molecule has 6 nitrogen and oxygen atoms in total. The van der Waals surface area contributed by atoms with Gasteiger partial charge in [-0.2, -0.15) is 0 Å². The summed E-state index contributed by atoms with van der Waals surface area (Å²) in [6.45, 7) is 0.496. The zero-order valence-electron chi connectivity index (χ0n) is 10.6. The Morgan fingerprint density at radius 3 is 2.68 bits per heavy atom. The molecule has 0 radical (unpaired) electrons. The molecule has 1 amide bonds. The monoisotopic (exact) mass is 266 g/mol. The van der Waals surface area contributed by atoms with Crippen molar-refractivity contribution in [3.8, 4) is 5.75 Å². The van der Waals surface area contributed by atoms with Crippen molar-refractivity contribution in [3.63, 3.8) is 0 Å². The van der Waals surface area contributed by atoms with Crippen LogP contribution >= 0.6 is 0 Å². The number of ether oxygens (including phenoxy) is 1. The van der Waals surface area contributed by atoms with Crippen LogP contribution in [0.4, 0.5) is 5.69 Å². The number of nitrogens with zero attached hydrogens (tertiary/aromatic N) is 1. The van der Waals surface area contributed by atoms with Gasteiger partial charge in [-0.25, -0.2) is 0 Å². The van der Waals surface area contributed by atoms with Gasteiger partial charge in [0.05, 0.1) is 25.4 Å². The highest BCUT2D eigenvalue weighted by Crippen LogP contribution is 2.28. The third-order valence-electron chi connectivity index (χ3n) is 2.96. The Morgan fingerprint density at radius 1 is 1.32 bits per heavy atom. The highest BCUT2D eigenvalue weighted by molar-refractivity contribution is 5.83. The topological polar surface area (TPSA) is 82.0 Å². The molecule has 0 spiro atoms. The van der Waals surface area contributed by atoms with Crippen molar-refractivity contribution in [1.82, 2.24) is 4.90 Å². The Hall–Kier alpha value is -1.79. The van der Waals surface area contributed by atoms with Crippen LogP contribution in [0.15, 0.2) is 24.3 Å².